The quantitative estimate of drug-likeness (QED) is 0.857. The van der Waals surface area contributed by atoms with Crippen LogP contribution in [-0.4, -0.2) is 41.1 Å². The van der Waals surface area contributed by atoms with Crippen LogP contribution in [-0.2, 0) is 0 Å². The van der Waals surface area contributed by atoms with Crippen molar-refractivity contribution in [1.29, 1.82) is 0 Å². The predicted molar refractivity (Wildman–Crippen MR) is 86.7 cm³/mol. The van der Waals surface area contributed by atoms with Crippen molar-refractivity contribution in [2.45, 2.75) is 77.4 Å². The minimum Gasteiger partial charge on any atom is -0.328 e. The standard InChI is InChI=1S/C16H32N2S/c1-4-9-18(14-7-5-13(17)6-8-14)15-10-16(2,3)12-19-11-15/h13-15H,4-12,17H2,1-3H3. The molecule has 2 aliphatic rings. The Morgan fingerprint density at radius 2 is 1.84 bits per heavy atom. The fourth-order valence-corrected chi connectivity index (χ4v) is 5.16. The van der Waals surface area contributed by atoms with Gasteiger partial charge in [-0.2, -0.15) is 11.8 Å². The van der Waals surface area contributed by atoms with Crippen molar-refractivity contribution in [1.82, 2.24) is 4.90 Å². The molecule has 0 aromatic rings. The number of nitrogens with zero attached hydrogens (tertiary/aromatic N) is 1. The van der Waals surface area contributed by atoms with E-state index in [2.05, 4.69) is 37.4 Å². The Bertz CT molecular complexity index is 272. The third-order valence-corrected chi connectivity index (χ3v) is 6.36. The molecule has 3 heteroatoms. The highest BCUT2D eigenvalue weighted by Crippen LogP contribution is 2.37. The van der Waals surface area contributed by atoms with Gasteiger partial charge in [0, 0.05) is 23.9 Å². The first-order valence-corrected chi connectivity index (χ1v) is 9.26. The van der Waals surface area contributed by atoms with Gasteiger partial charge in [-0.15, -0.1) is 0 Å². The van der Waals surface area contributed by atoms with E-state index in [0.29, 0.717) is 11.5 Å². The molecule has 1 aliphatic heterocycles. The highest BCUT2D eigenvalue weighted by atomic mass is 32.2. The van der Waals surface area contributed by atoms with Crippen LogP contribution >= 0.6 is 11.8 Å². The van der Waals surface area contributed by atoms with Crippen molar-refractivity contribution in [3.63, 3.8) is 0 Å². The summed E-state index contributed by atoms with van der Waals surface area (Å²) in [5.74, 6) is 2.67. The second-order valence-electron chi connectivity index (χ2n) is 7.34. The molecule has 1 saturated carbocycles. The molecule has 0 spiro atoms. The van der Waals surface area contributed by atoms with Gasteiger partial charge in [0.2, 0.25) is 0 Å². The average Bonchev–Trinajstić information content (AvgIpc) is 2.36. The van der Waals surface area contributed by atoms with Crippen LogP contribution in [0.3, 0.4) is 0 Å². The number of nitrogens with two attached hydrogens (primary N) is 1. The Balaban J connectivity index is 1.98. The Hall–Kier alpha value is 0.270. The van der Waals surface area contributed by atoms with Crippen LogP contribution in [0.4, 0.5) is 0 Å². The van der Waals surface area contributed by atoms with E-state index in [-0.39, 0.29) is 0 Å². The second-order valence-corrected chi connectivity index (χ2v) is 8.37. The van der Waals surface area contributed by atoms with Gasteiger partial charge in [0.1, 0.15) is 0 Å². The zero-order valence-corrected chi connectivity index (χ0v) is 13.8. The van der Waals surface area contributed by atoms with Crippen molar-refractivity contribution in [3.8, 4) is 0 Å². The molecule has 0 aromatic carbocycles. The molecule has 2 nitrogen and oxygen atoms in total. The van der Waals surface area contributed by atoms with Gasteiger partial charge in [0.25, 0.3) is 0 Å². The van der Waals surface area contributed by atoms with Gasteiger partial charge in [-0.1, -0.05) is 20.8 Å². The van der Waals surface area contributed by atoms with E-state index in [1.807, 2.05) is 0 Å². The molecule has 0 bridgehead atoms. The summed E-state index contributed by atoms with van der Waals surface area (Å²) < 4.78 is 0. The molecular formula is C16H32N2S. The van der Waals surface area contributed by atoms with Crippen LogP contribution in [0.1, 0.15) is 59.3 Å². The van der Waals surface area contributed by atoms with E-state index in [4.69, 9.17) is 5.73 Å². The Morgan fingerprint density at radius 1 is 1.16 bits per heavy atom. The van der Waals surface area contributed by atoms with E-state index in [1.165, 1.54) is 56.6 Å². The molecule has 2 rings (SSSR count). The molecule has 0 aromatic heterocycles. The van der Waals surface area contributed by atoms with Crippen LogP contribution in [0.5, 0.6) is 0 Å². The van der Waals surface area contributed by atoms with E-state index in [0.717, 1.165) is 12.1 Å². The first-order chi connectivity index (χ1) is 9.02. The largest absolute Gasteiger partial charge is 0.328 e. The van der Waals surface area contributed by atoms with Gasteiger partial charge in [-0.3, -0.25) is 4.90 Å². The molecule has 1 atom stereocenters. The Labute approximate surface area is 123 Å². The van der Waals surface area contributed by atoms with Crippen LogP contribution in [0.25, 0.3) is 0 Å². The molecule has 1 aliphatic carbocycles. The van der Waals surface area contributed by atoms with Crippen molar-refractivity contribution >= 4 is 11.8 Å². The smallest absolute Gasteiger partial charge is 0.0194 e. The summed E-state index contributed by atoms with van der Waals surface area (Å²) in [6, 6.07) is 2.07. The second kappa shape index (κ2) is 6.82. The lowest BCUT2D eigenvalue weighted by Gasteiger charge is -2.46. The molecule has 2 N–H and O–H groups in total. The molecule has 19 heavy (non-hydrogen) atoms. The summed E-state index contributed by atoms with van der Waals surface area (Å²) in [7, 11) is 0. The lowest BCUT2D eigenvalue weighted by atomic mass is 9.84. The fraction of sp³-hybridized carbons (Fsp3) is 1.00. The Morgan fingerprint density at radius 3 is 2.42 bits per heavy atom. The maximum atomic E-state index is 6.07. The van der Waals surface area contributed by atoms with Crippen LogP contribution in [0.2, 0.25) is 0 Å². The van der Waals surface area contributed by atoms with Gasteiger partial charge < -0.3 is 5.73 Å². The molecule has 0 radical (unpaired) electrons. The first kappa shape index (κ1) is 15.7. The molecule has 2 fully saturated rings. The summed E-state index contributed by atoms with van der Waals surface area (Å²) in [5, 5.41) is 0. The van der Waals surface area contributed by atoms with Gasteiger partial charge in [0.15, 0.2) is 0 Å². The minimum atomic E-state index is 0.469. The maximum absolute atomic E-state index is 6.07. The van der Waals surface area contributed by atoms with Gasteiger partial charge >= 0.3 is 0 Å². The zero-order chi connectivity index (χ0) is 13.9. The normalized spacial score (nSPS) is 35.5. The summed E-state index contributed by atoms with van der Waals surface area (Å²) in [4.78, 5) is 2.85. The van der Waals surface area contributed by atoms with Crippen LogP contribution in [0, 0.1) is 5.41 Å². The zero-order valence-electron chi connectivity index (χ0n) is 13.0. The van der Waals surface area contributed by atoms with E-state index >= 15 is 0 Å². The SMILES string of the molecule is CCCN(C1CCC(N)CC1)C1CSCC(C)(C)C1. The first-order valence-electron chi connectivity index (χ1n) is 8.11. The van der Waals surface area contributed by atoms with Gasteiger partial charge in [-0.25, -0.2) is 0 Å². The lowest BCUT2D eigenvalue weighted by molar-refractivity contribution is 0.0839. The van der Waals surface area contributed by atoms with Gasteiger partial charge in [0.05, 0.1) is 0 Å². The summed E-state index contributed by atoms with van der Waals surface area (Å²) in [5.41, 5.74) is 6.59. The molecule has 1 unspecified atom stereocenters. The Kier molecular flexibility index (Phi) is 5.62. The number of rotatable bonds is 4. The van der Waals surface area contributed by atoms with Crippen molar-refractivity contribution in [3.05, 3.63) is 0 Å². The third kappa shape index (κ3) is 4.37. The highest BCUT2D eigenvalue weighted by Gasteiger charge is 2.35. The number of hydrogen-bond acceptors (Lipinski definition) is 3. The summed E-state index contributed by atoms with van der Waals surface area (Å²) >= 11 is 2.16. The molecule has 112 valence electrons. The lowest BCUT2D eigenvalue weighted by Crippen LogP contribution is -2.50. The van der Waals surface area contributed by atoms with Gasteiger partial charge in [-0.05, 0) is 56.2 Å². The summed E-state index contributed by atoms with van der Waals surface area (Å²) in [6.45, 7) is 8.48. The number of hydrogen-bond donors (Lipinski definition) is 1. The third-order valence-electron chi connectivity index (χ3n) is 4.75. The average molecular weight is 285 g/mol. The van der Waals surface area contributed by atoms with E-state index in [1.54, 1.807) is 0 Å². The van der Waals surface area contributed by atoms with Crippen LogP contribution in [0.15, 0.2) is 0 Å². The van der Waals surface area contributed by atoms with E-state index in [9.17, 15) is 0 Å². The minimum absolute atomic E-state index is 0.469. The molecule has 1 heterocycles. The summed E-state index contributed by atoms with van der Waals surface area (Å²) in [6.07, 6.45) is 7.76. The predicted octanol–water partition coefficient (Wildman–Crippen LogP) is 3.50. The van der Waals surface area contributed by atoms with Crippen LogP contribution < -0.4 is 5.73 Å². The van der Waals surface area contributed by atoms with Crippen molar-refractivity contribution in [2.24, 2.45) is 11.1 Å². The van der Waals surface area contributed by atoms with Crippen molar-refractivity contribution in [2.75, 3.05) is 18.1 Å². The number of thioether (sulfide) groups is 1. The fourth-order valence-electron chi connectivity index (χ4n) is 3.79. The highest BCUT2D eigenvalue weighted by molar-refractivity contribution is 7.99. The monoisotopic (exact) mass is 284 g/mol. The molecule has 0 amide bonds. The maximum Gasteiger partial charge on any atom is 0.0194 e. The van der Waals surface area contributed by atoms with Crippen molar-refractivity contribution < 1.29 is 0 Å². The van der Waals surface area contributed by atoms with E-state index < -0.39 is 0 Å². The topological polar surface area (TPSA) is 29.3 Å². The molecule has 1 saturated heterocycles. The molecular weight excluding hydrogens is 252 g/mol.